The zero-order chi connectivity index (χ0) is 16.3. The Balaban J connectivity index is 2.37. The molecule has 1 heterocycles. The lowest BCUT2D eigenvalue weighted by molar-refractivity contribution is -0.129. The van der Waals surface area contributed by atoms with Crippen molar-refractivity contribution in [2.75, 3.05) is 6.61 Å². The summed E-state index contributed by atoms with van der Waals surface area (Å²) in [4.78, 5) is 23.0. The average molecular weight is 342 g/mol. The summed E-state index contributed by atoms with van der Waals surface area (Å²) in [6, 6.07) is 5.23. The van der Waals surface area contributed by atoms with Crippen molar-refractivity contribution in [2.24, 2.45) is 5.10 Å². The van der Waals surface area contributed by atoms with Crippen molar-refractivity contribution >= 4 is 40.3 Å². The summed E-state index contributed by atoms with van der Waals surface area (Å²) < 4.78 is 5.60. The molecule has 0 bridgehead atoms. The van der Waals surface area contributed by atoms with Crippen molar-refractivity contribution < 1.29 is 14.3 Å². The summed E-state index contributed by atoms with van der Waals surface area (Å²) in [6.45, 7) is 5.17. The lowest BCUT2D eigenvalue weighted by Crippen LogP contribution is -2.25. The van der Waals surface area contributed by atoms with Crippen molar-refractivity contribution in [3.63, 3.8) is 0 Å². The molecule has 0 radical (unpaired) electrons. The van der Waals surface area contributed by atoms with E-state index in [1.54, 1.807) is 18.2 Å². The summed E-state index contributed by atoms with van der Waals surface area (Å²) in [6.07, 6.45) is 0. The van der Waals surface area contributed by atoms with Gasteiger partial charge in [0.25, 0.3) is 0 Å². The maximum Gasteiger partial charge on any atom is 0.241 e. The highest BCUT2D eigenvalue weighted by Gasteiger charge is 2.34. The van der Waals surface area contributed by atoms with Gasteiger partial charge in [-0.25, -0.2) is 5.01 Å². The Morgan fingerprint density at radius 3 is 2.77 bits per heavy atom. The minimum absolute atomic E-state index is 0.236. The highest BCUT2D eigenvalue weighted by atomic mass is 35.5. The molecule has 1 aromatic carbocycles. The molecule has 1 atom stereocenters. The fraction of sp³-hybridized carbons (Fsp3) is 0.357. The number of benzene rings is 1. The Morgan fingerprint density at radius 2 is 2.18 bits per heavy atom. The number of carbonyl (C=O) groups excluding carboxylic acids is 2. The van der Waals surface area contributed by atoms with Gasteiger partial charge in [-0.05, 0) is 25.1 Å². The predicted molar refractivity (Wildman–Crippen MR) is 86.7 cm³/mol. The highest BCUT2D eigenvalue weighted by Crippen LogP contribution is 2.43. The number of ether oxygens (including phenoxy) is 1. The van der Waals surface area contributed by atoms with Crippen LogP contribution < -0.4 is 10.1 Å². The zero-order valence-corrected chi connectivity index (χ0v) is 14.0. The number of nitrogens with one attached hydrogen (secondary N) is 1. The van der Waals surface area contributed by atoms with E-state index < -0.39 is 5.37 Å². The third kappa shape index (κ3) is 3.72. The number of amidine groups is 1. The number of amides is 2. The molecule has 0 aromatic heterocycles. The molecule has 0 saturated heterocycles. The first kappa shape index (κ1) is 16.6. The minimum Gasteiger partial charge on any atom is -0.493 e. The van der Waals surface area contributed by atoms with E-state index in [0.717, 1.165) is 5.56 Å². The number of hydrogen-bond acceptors (Lipinski definition) is 5. The molecule has 0 aliphatic carbocycles. The molecule has 1 N–H and O–H groups in total. The van der Waals surface area contributed by atoms with E-state index in [-0.39, 0.29) is 11.8 Å². The van der Waals surface area contributed by atoms with E-state index in [1.165, 1.54) is 30.6 Å². The Morgan fingerprint density at radius 1 is 1.45 bits per heavy atom. The first-order valence-electron chi connectivity index (χ1n) is 6.67. The fourth-order valence-corrected chi connectivity index (χ4v) is 3.30. The molecule has 2 amide bonds. The molecular formula is C14H16ClN3O3S. The van der Waals surface area contributed by atoms with Gasteiger partial charge in [0.1, 0.15) is 11.1 Å². The molecule has 0 spiro atoms. The van der Waals surface area contributed by atoms with Gasteiger partial charge < -0.3 is 10.1 Å². The minimum atomic E-state index is -0.431. The molecule has 1 aliphatic heterocycles. The lowest BCUT2D eigenvalue weighted by Gasteiger charge is -2.21. The van der Waals surface area contributed by atoms with Gasteiger partial charge in [0.05, 0.1) is 6.61 Å². The molecule has 8 heteroatoms. The van der Waals surface area contributed by atoms with Crippen LogP contribution in [0.15, 0.2) is 23.3 Å². The van der Waals surface area contributed by atoms with Gasteiger partial charge in [0, 0.05) is 24.4 Å². The van der Waals surface area contributed by atoms with Gasteiger partial charge in [0.2, 0.25) is 11.8 Å². The SMILES string of the molecule is CCOc1ccc(Cl)cc1[C@H]1SC(NC(C)=O)=NN1C(C)=O. The largest absolute Gasteiger partial charge is 0.493 e. The predicted octanol–water partition coefficient (Wildman–Crippen LogP) is 2.74. The monoisotopic (exact) mass is 341 g/mol. The first-order valence-corrected chi connectivity index (χ1v) is 7.93. The molecule has 1 aromatic rings. The molecule has 2 rings (SSSR count). The van der Waals surface area contributed by atoms with Crippen molar-refractivity contribution in [3.8, 4) is 5.75 Å². The van der Waals surface area contributed by atoms with E-state index in [4.69, 9.17) is 16.3 Å². The molecule has 1 aliphatic rings. The summed E-state index contributed by atoms with van der Waals surface area (Å²) in [5, 5.41) is 8.53. The number of nitrogens with zero attached hydrogens (tertiary/aromatic N) is 2. The Bertz CT molecular complexity index is 636. The van der Waals surface area contributed by atoms with Crippen LogP contribution >= 0.6 is 23.4 Å². The molecule has 22 heavy (non-hydrogen) atoms. The summed E-state index contributed by atoms with van der Waals surface area (Å²) >= 11 is 7.33. The van der Waals surface area contributed by atoms with Crippen LogP contribution in [0, 0.1) is 0 Å². The highest BCUT2D eigenvalue weighted by molar-refractivity contribution is 8.14. The summed E-state index contributed by atoms with van der Waals surface area (Å²) in [7, 11) is 0. The number of hydrogen-bond donors (Lipinski definition) is 1. The van der Waals surface area contributed by atoms with Crippen molar-refractivity contribution in [1.29, 1.82) is 0 Å². The molecule has 0 fully saturated rings. The average Bonchev–Trinajstić information content (AvgIpc) is 2.84. The van der Waals surface area contributed by atoms with Crippen LogP contribution in [0.3, 0.4) is 0 Å². The van der Waals surface area contributed by atoms with Crippen LogP contribution in [0.25, 0.3) is 0 Å². The second-order valence-electron chi connectivity index (χ2n) is 4.54. The zero-order valence-electron chi connectivity index (χ0n) is 12.4. The van der Waals surface area contributed by atoms with E-state index in [1.807, 2.05) is 6.92 Å². The number of thioether (sulfide) groups is 1. The molecular weight excluding hydrogens is 326 g/mol. The van der Waals surface area contributed by atoms with Crippen LogP contribution in [-0.2, 0) is 9.59 Å². The van der Waals surface area contributed by atoms with Crippen LogP contribution in [-0.4, -0.2) is 28.6 Å². The lowest BCUT2D eigenvalue weighted by atomic mass is 10.2. The second kappa shape index (κ2) is 7.02. The van der Waals surface area contributed by atoms with Gasteiger partial charge in [-0.2, -0.15) is 0 Å². The maximum absolute atomic E-state index is 11.8. The Hall–Kier alpha value is -1.73. The third-order valence-corrected chi connectivity index (χ3v) is 4.11. The van der Waals surface area contributed by atoms with E-state index in [2.05, 4.69) is 10.4 Å². The number of halogens is 1. The standard InChI is InChI=1S/C14H16ClN3O3S/c1-4-21-12-6-5-10(15)7-11(12)13-18(9(3)20)17-14(22-13)16-8(2)19/h5-7,13H,4H2,1-3H3,(H,16,17,19)/t13-/m1/s1. The smallest absolute Gasteiger partial charge is 0.241 e. The topological polar surface area (TPSA) is 71.0 Å². The summed E-state index contributed by atoms with van der Waals surface area (Å²) in [5.74, 6) is 0.154. The second-order valence-corrected chi connectivity index (χ2v) is 6.04. The summed E-state index contributed by atoms with van der Waals surface area (Å²) in [5.41, 5.74) is 0.735. The van der Waals surface area contributed by atoms with Gasteiger partial charge >= 0.3 is 0 Å². The number of carbonyl (C=O) groups is 2. The van der Waals surface area contributed by atoms with Gasteiger partial charge in [-0.15, -0.1) is 5.10 Å². The van der Waals surface area contributed by atoms with Crippen molar-refractivity contribution in [2.45, 2.75) is 26.1 Å². The number of rotatable bonds is 3. The molecule has 0 saturated carbocycles. The quantitative estimate of drug-likeness (QED) is 0.917. The van der Waals surface area contributed by atoms with E-state index in [0.29, 0.717) is 22.5 Å². The van der Waals surface area contributed by atoms with Crippen LogP contribution in [0.2, 0.25) is 5.02 Å². The van der Waals surface area contributed by atoms with E-state index in [9.17, 15) is 9.59 Å². The molecule has 0 unspecified atom stereocenters. The van der Waals surface area contributed by atoms with Crippen molar-refractivity contribution in [3.05, 3.63) is 28.8 Å². The van der Waals surface area contributed by atoms with Gasteiger partial charge in [0.15, 0.2) is 5.17 Å². The molecule has 6 nitrogen and oxygen atoms in total. The Labute approximate surface area is 137 Å². The van der Waals surface area contributed by atoms with Crippen LogP contribution in [0.5, 0.6) is 5.75 Å². The number of hydrazone groups is 1. The van der Waals surface area contributed by atoms with Crippen molar-refractivity contribution in [1.82, 2.24) is 10.3 Å². The van der Waals surface area contributed by atoms with Crippen LogP contribution in [0.1, 0.15) is 31.7 Å². The first-order chi connectivity index (χ1) is 10.4. The fourth-order valence-electron chi connectivity index (χ4n) is 1.96. The van der Waals surface area contributed by atoms with Gasteiger partial charge in [-0.3, -0.25) is 9.59 Å². The molecule has 118 valence electrons. The van der Waals surface area contributed by atoms with E-state index >= 15 is 0 Å². The van der Waals surface area contributed by atoms with Gasteiger partial charge in [-0.1, -0.05) is 23.4 Å². The Kier molecular flexibility index (Phi) is 5.31. The third-order valence-electron chi connectivity index (χ3n) is 2.79. The normalized spacial score (nSPS) is 17.2. The van der Waals surface area contributed by atoms with Crippen LogP contribution in [0.4, 0.5) is 0 Å². The maximum atomic E-state index is 11.8.